The minimum Gasteiger partial charge on any atom is -0.481 e. The number of carboxylic acids is 5. The second-order valence-corrected chi connectivity index (χ2v) is 31.8. The van der Waals surface area contributed by atoms with Gasteiger partial charge in [-0.05, 0) is 154 Å². The number of aromatic nitrogens is 7. The van der Waals surface area contributed by atoms with Gasteiger partial charge in [0.05, 0.1) is 109 Å². The van der Waals surface area contributed by atoms with Gasteiger partial charge in [-0.25, -0.2) is 0 Å². The van der Waals surface area contributed by atoms with Gasteiger partial charge in [-0.15, -0.1) is 49.6 Å². The SMILES string of the molecule is C.CCOC(=O)C[C@H](N)c1cnc2ccccc2c1.Cl.Cl.Cl.Cl.NC(CC(=O)O)c1cnc2ccccc2c1.N[C@@H](CC(=O)O)c1cnc2ccccc2c1.N[C@H](CC(=O)O)c1cnc2ccccc2c1.O=C(Cl)Cc1ccccc1.O=C(O)CC(NC(=O)Cc1ccccc1)c1cnc2ccccc2c1.O=C(O)C[C@H](NC(=O)Cc1ccccc1)c1cnc2ccccc2c1.O=Cc1cnc2ccccc2c1. The molecular formula is C109H110Cl5N13O16. The smallest absolute Gasteiger partial charge is 0.307 e. The Balaban J connectivity index is 0.000000290. The Labute approximate surface area is 855 Å². The zero-order valence-electron chi connectivity index (χ0n) is 76.7. The second kappa shape index (κ2) is 61.8. The van der Waals surface area contributed by atoms with Crippen molar-refractivity contribution >= 4 is 197 Å². The van der Waals surface area contributed by atoms with Crippen LogP contribution in [0.1, 0.15) is 150 Å². The van der Waals surface area contributed by atoms with E-state index in [0.717, 1.165) is 122 Å². The number of hydrogen-bond acceptors (Lipinski definition) is 22. The monoisotopic (exact) mass is 2030 g/mol. The summed E-state index contributed by atoms with van der Waals surface area (Å²) in [6.07, 6.45) is 12.5. The van der Waals surface area contributed by atoms with E-state index in [1.807, 2.05) is 303 Å². The zero-order valence-corrected chi connectivity index (χ0v) is 80.7. The number of halogens is 5. The number of esters is 1. The first-order valence-corrected chi connectivity index (χ1v) is 44.0. The molecule has 0 spiro atoms. The first-order valence-electron chi connectivity index (χ1n) is 43.7. The molecule has 29 nitrogen and oxygen atoms in total. The van der Waals surface area contributed by atoms with Crippen molar-refractivity contribution in [2.24, 2.45) is 22.9 Å². The molecule has 34 heteroatoms. The van der Waals surface area contributed by atoms with Crippen LogP contribution in [0.5, 0.6) is 0 Å². The number of nitrogens with two attached hydrogens (primary N) is 4. The van der Waals surface area contributed by atoms with Crippen LogP contribution in [0.4, 0.5) is 0 Å². The van der Waals surface area contributed by atoms with Crippen molar-refractivity contribution in [1.29, 1.82) is 0 Å². The quantitative estimate of drug-likeness (QED) is 0.0123. The van der Waals surface area contributed by atoms with E-state index < -0.39 is 60.1 Å². The van der Waals surface area contributed by atoms with Crippen LogP contribution in [-0.2, 0) is 67.2 Å². The number of fused-ring (bicyclic) bond motifs is 7. The number of carbonyl (C=O) groups is 10. The number of hydrogen-bond donors (Lipinski definition) is 11. The Bertz CT molecular complexity index is 6640. The van der Waals surface area contributed by atoms with Gasteiger partial charge >= 0.3 is 35.8 Å². The normalized spacial score (nSPS) is 11.4. The zero-order chi connectivity index (χ0) is 98.7. The Hall–Kier alpha value is -15.5. The summed E-state index contributed by atoms with van der Waals surface area (Å²) in [4.78, 5) is 141. The summed E-state index contributed by atoms with van der Waals surface area (Å²) in [6.45, 7) is 2.16. The molecule has 742 valence electrons. The van der Waals surface area contributed by atoms with E-state index in [-0.39, 0.29) is 137 Å². The molecule has 0 aliphatic carbocycles. The third-order valence-electron chi connectivity index (χ3n) is 20.8. The molecule has 17 rings (SSSR count). The molecule has 0 aliphatic rings. The maximum Gasteiger partial charge on any atom is 0.307 e. The molecule has 0 radical (unpaired) electrons. The molecule has 10 aromatic carbocycles. The van der Waals surface area contributed by atoms with E-state index in [9.17, 15) is 58.2 Å². The van der Waals surface area contributed by atoms with Crippen LogP contribution in [0.3, 0.4) is 0 Å². The molecule has 143 heavy (non-hydrogen) atoms. The Morgan fingerprint density at radius 2 is 0.524 bits per heavy atom. The Kier molecular flexibility index (Phi) is 51.0. The molecule has 0 aliphatic heterocycles. The Morgan fingerprint density at radius 1 is 0.308 bits per heavy atom. The van der Waals surface area contributed by atoms with E-state index >= 15 is 0 Å². The summed E-state index contributed by atoms with van der Waals surface area (Å²) in [7, 11) is 0. The molecule has 0 fully saturated rings. The van der Waals surface area contributed by atoms with Crippen molar-refractivity contribution in [3.8, 4) is 0 Å². The van der Waals surface area contributed by atoms with Crippen molar-refractivity contribution in [1.82, 2.24) is 45.5 Å². The van der Waals surface area contributed by atoms with Crippen LogP contribution < -0.4 is 33.6 Å². The van der Waals surface area contributed by atoms with Gasteiger partial charge in [-0.1, -0.05) is 226 Å². The highest BCUT2D eigenvalue weighted by atomic mass is 35.5. The first kappa shape index (κ1) is 118. The lowest BCUT2D eigenvalue weighted by atomic mass is 10.0. The van der Waals surface area contributed by atoms with Crippen LogP contribution in [0, 0.1) is 0 Å². The van der Waals surface area contributed by atoms with Crippen molar-refractivity contribution in [3.63, 3.8) is 0 Å². The first-order chi connectivity index (χ1) is 66.6. The number of amides is 2. The van der Waals surface area contributed by atoms with Gasteiger partial charge in [0, 0.05) is 117 Å². The standard InChI is InChI=1S/2C20H18N2O3.C14H16N2O2.3C12H12N2O2.C10H7NO.C8H7ClO.CH4.4ClH/c2*23-19(10-14-6-2-1-3-7-14)22-18(12-20(24)25)16-11-15-8-4-5-9-17(15)21-13-16;1-2-18-14(17)8-12(15)11-7-10-5-3-4-6-13(10)16-9-11;3*13-10(6-12(15)16)9-5-8-3-1-2-4-11(8)14-7-9;12-7-8-5-9-3-1-2-4-10(9)11-6-8;9-8(10)6-7-4-2-1-3-5-7;;;;;/h2*1-9,11,13,18H,10,12H2,(H,22,23)(H,24,25);3-7,9,12H,2,8,15H2,1H3;3*1-5,7,10H,6,13H2,(H,15,16);1-7H;1-5H,6H2;1H4;4*1H/t18-;;12-;2*10-;;;;;;;;/m0.010......../s1. The minimum atomic E-state index is -0.974. The van der Waals surface area contributed by atoms with Crippen LogP contribution in [-0.4, -0.2) is 126 Å². The number of carbonyl (C=O) groups excluding carboxylic acids is 5. The molecule has 7 aromatic heterocycles. The summed E-state index contributed by atoms with van der Waals surface area (Å²) in [5.41, 5.74) is 37.2. The van der Waals surface area contributed by atoms with Gasteiger partial charge in [0.15, 0.2) is 6.29 Å². The van der Waals surface area contributed by atoms with Gasteiger partial charge in [-0.3, -0.25) is 82.8 Å². The number of nitrogens with one attached hydrogen (secondary N) is 2. The maximum atomic E-state index is 12.3. The van der Waals surface area contributed by atoms with Crippen LogP contribution in [0.2, 0.25) is 0 Å². The molecule has 0 saturated carbocycles. The largest absolute Gasteiger partial charge is 0.481 e. The second-order valence-electron chi connectivity index (χ2n) is 31.4. The predicted octanol–water partition coefficient (Wildman–Crippen LogP) is 19.9. The fraction of sp³-hybridized carbons (Fsp3) is 0.165. The van der Waals surface area contributed by atoms with Crippen LogP contribution >= 0.6 is 61.2 Å². The maximum absolute atomic E-state index is 12.3. The summed E-state index contributed by atoms with van der Waals surface area (Å²) in [5, 5.41) is 56.4. The highest BCUT2D eigenvalue weighted by Crippen LogP contribution is 2.28. The third-order valence-corrected chi connectivity index (χ3v) is 21.0. The lowest BCUT2D eigenvalue weighted by Gasteiger charge is -2.18. The summed E-state index contributed by atoms with van der Waals surface area (Å²) in [5.74, 6) is -5.37. The van der Waals surface area contributed by atoms with Crippen molar-refractivity contribution in [2.75, 3.05) is 6.61 Å². The number of benzene rings is 10. The van der Waals surface area contributed by atoms with E-state index in [1.54, 1.807) is 50.3 Å². The lowest BCUT2D eigenvalue weighted by molar-refractivity contribution is -0.144. The highest BCUT2D eigenvalue weighted by Gasteiger charge is 2.23. The molecule has 6 atom stereocenters. The molecule has 7 heterocycles. The summed E-state index contributed by atoms with van der Waals surface area (Å²) >= 11 is 5.17. The molecule has 2 unspecified atom stereocenters. The number of nitrogens with zero attached hydrogens (tertiary/aromatic N) is 7. The van der Waals surface area contributed by atoms with Crippen LogP contribution in [0.25, 0.3) is 76.3 Å². The van der Waals surface area contributed by atoms with Crippen molar-refractivity contribution in [3.05, 3.63) is 402 Å². The van der Waals surface area contributed by atoms with Gasteiger partial charge in [0.2, 0.25) is 17.1 Å². The number of carboxylic acid groups (broad SMARTS) is 5. The van der Waals surface area contributed by atoms with E-state index in [0.29, 0.717) is 29.7 Å². The minimum absolute atomic E-state index is 0. The topological polar surface area (TPSA) is 499 Å². The number of aldehydes is 1. The van der Waals surface area contributed by atoms with Gasteiger partial charge in [0.1, 0.15) is 0 Å². The van der Waals surface area contributed by atoms with Crippen molar-refractivity contribution < 1.29 is 78.2 Å². The summed E-state index contributed by atoms with van der Waals surface area (Å²) < 4.78 is 4.88. The number of ether oxygens (including phenoxy) is 1. The molecule has 0 bridgehead atoms. The molecule has 2 amide bonds. The van der Waals surface area contributed by atoms with E-state index in [2.05, 4.69) is 45.5 Å². The van der Waals surface area contributed by atoms with Crippen LogP contribution in [0.15, 0.2) is 347 Å². The Morgan fingerprint density at radius 3 is 0.769 bits per heavy atom. The average molecular weight is 2040 g/mol. The highest BCUT2D eigenvalue weighted by molar-refractivity contribution is 6.63. The number of para-hydroxylation sites is 7. The van der Waals surface area contributed by atoms with Crippen molar-refractivity contribution in [2.45, 2.75) is 108 Å². The molecule has 15 N–H and O–H groups in total. The molecular weight excluding hydrogens is 1920 g/mol. The average Bonchev–Trinajstić information content (AvgIpc) is 0.817. The fourth-order valence-electron chi connectivity index (χ4n) is 14.0. The van der Waals surface area contributed by atoms with E-state index in [1.165, 1.54) is 0 Å². The van der Waals surface area contributed by atoms with Gasteiger partial charge < -0.3 is 63.8 Å². The van der Waals surface area contributed by atoms with Gasteiger partial charge in [-0.2, -0.15) is 0 Å². The molecule has 17 aromatic rings. The lowest BCUT2D eigenvalue weighted by Crippen LogP contribution is -2.31. The van der Waals surface area contributed by atoms with Gasteiger partial charge in [0.25, 0.3) is 0 Å². The number of aliphatic carboxylic acids is 5. The third kappa shape index (κ3) is 39.9. The van der Waals surface area contributed by atoms with E-state index in [4.69, 9.17) is 54.6 Å². The fourth-order valence-corrected chi connectivity index (χ4v) is 14.1. The number of pyridine rings is 7. The summed E-state index contributed by atoms with van der Waals surface area (Å²) in [6, 6.07) is 91.9. The molecule has 0 saturated heterocycles. The predicted molar refractivity (Wildman–Crippen MR) is 567 cm³/mol. The number of rotatable bonds is 28.